The average molecular weight is 303 g/mol. The van der Waals surface area contributed by atoms with E-state index in [2.05, 4.69) is 43.4 Å². The molecule has 4 atom stereocenters. The highest BCUT2D eigenvalue weighted by atomic mass is 16.4. The van der Waals surface area contributed by atoms with Crippen molar-refractivity contribution in [2.24, 2.45) is 11.8 Å². The van der Waals surface area contributed by atoms with E-state index in [1.54, 1.807) is 0 Å². The van der Waals surface area contributed by atoms with Gasteiger partial charge in [0.2, 0.25) is 0 Å². The highest BCUT2D eigenvalue weighted by molar-refractivity contribution is 5.66. The Kier molecular flexibility index (Phi) is 6.44. The molecule has 0 bridgehead atoms. The zero-order valence-corrected chi connectivity index (χ0v) is 13.8. The Labute approximate surface area is 134 Å². The Bertz CT molecular complexity index is 460. The van der Waals surface area contributed by atoms with Crippen LogP contribution in [-0.4, -0.2) is 23.2 Å². The molecule has 4 unspecified atom stereocenters. The van der Waals surface area contributed by atoms with Crippen molar-refractivity contribution < 1.29 is 9.90 Å². The van der Waals surface area contributed by atoms with Crippen molar-refractivity contribution in [3.8, 4) is 0 Å². The van der Waals surface area contributed by atoms with Crippen LogP contribution in [0.5, 0.6) is 0 Å². The lowest BCUT2D eigenvalue weighted by molar-refractivity contribution is -0.137. The van der Waals surface area contributed by atoms with Crippen LogP contribution in [0, 0.1) is 11.8 Å². The van der Waals surface area contributed by atoms with Crippen molar-refractivity contribution in [1.82, 2.24) is 5.32 Å². The summed E-state index contributed by atoms with van der Waals surface area (Å²) in [5, 5.41) is 12.8. The van der Waals surface area contributed by atoms with Crippen LogP contribution in [0.1, 0.15) is 51.5 Å². The van der Waals surface area contributed by atoms with Gasteiger partial charge in [0, 0.05) is 18.5 Å². The molecule has 1 saturated carbocycles. The number of nitrogens with one attached hydrogen (secondary N) is 1. The van der Waals surface area contributed by atoms with Crippen molar-refractivity contribution in [3.63, 3.8) is 0 Å². The maximum Gasteiger partial charge on any atom is 0.303 e. The Balaban J connectivity index is 1.98. The van der Waals surface area contributed by atoms with E-state index in [4.69, 9.17) is 5.11 Å². The number of benzene rings is 1. The second-order valence-corrected chi connectivity index (χ2v) is 6.86. The normalized spacial score (nSPS) is 26.5. The fourth-order valence-electron chi connectivity index (χ4n) is 3.56. The molecule has 1 fully saturated rings. The van der Waals surface area contributed by atoms with Gasteiger partial charge in [-0.25, -0.2) is 0 Å². The van der Waals surface area contributed by atoms with Crippen LogP contribution in [0.3, 0.4) is 0 Å². The molecular formula is C19H29NO2. The third kappa shape index (κ3) is 5.13. The van der Waals surface area contributed by atoms with Crippen molar-refractivity contribution >= 4 is 5.97 Å². The number of hydrogen-bond donors (Lipinski definition) is 2. The molecule has 2 rings (SSSR count). The van der Waals surface area contributed by atoms with Gasteiger partial charge in [0.25, 0.3) is 0 Å². The SMILES string of the molecule is CC1CCCC(NC(CCC(=O)O)Cc2ccccc2)C1C. The molecule has 0 heterocycles. The number of hydrogen-bond acceptors (Lipinski definition) is 2. The molecule has 3 nitrogen and oxygen atoms in total. The second kappa shape index (κ2) is 8.33. The molecule has 22 heavy (non-hydrogen) atoms. The van der Waals surface area contributed by atoms with E-state index in [0.29, 0.717) is 18.4 Å². The molecule has 0 amide bonds. The lowest BCUT2D eigenvalue weighted by Crippen LogP contribution is -2.46. The average Bonchev–Trinajstić information content (AvgIpc) is 2.50. The smallest absolute Gasteiger partial charge is 0.303 e. The summed E-state index contributed by atoms with van der Waals surface area (Å²) >= 11 is 0. The molecule has 0 spiro atoms. The molecule has 0 aromatic heterocycles. The lowest BCUT2D eigenvalue weighted by Gasteiger charge is -2.37. The monoisotopic (exact) mass is 303 g/mol. The van der Waals surface area contributed by atoms with Crippen LogP contribution in [0.15, 0.2) is 30.3 Å². The van der Waals surface area contributed by atoms with Gasteiger partial charge in [-0.1, -0.05) is 57.0 Å². The van der Waals surface area contributed by atoms with Crippen molar-refractivity contribution in [1.29, 1.82) is 0 Å². The number of aliphatic carboxylic acids is 1. The quantitative estimate of drug-likeness (QED) is 0.803. The zero-order valence-electron chi connectivity index (χ0n) is 13.8. The fraction of sp³-hybridized carbons (Fsp3) is 0.632. The molecule has 122 valence electrons. The minimum absolute atomic E-state index is 0.237. The largest absolute Gasteiger partial charge is 0.481 e. The van der Waals surface area contributed by atoms with E-state index in [1.807, 2.05) is 6.07 Å². The van der Waals surface area contributed by atoms with Crippen molar-refractivity contribution in [2.75, 3.05) is 0 Å². The van der Waals surface area contributed by atoms with Gasteiger partial charge in [0.05, 0.1) is 0 Å². The maximum atomic E-state index is 10.9. The van der Waals surface area contributed by atoms with Crippen molar-refractivity contribution in [3.05, 3.63) is 35.9 Å². The van der Waals surface area contributed by atoms with Gasteiger partial charge in [-0.05, 0) is 36.7 Å². The first-order valence-electron chi connectivity index (χ1n) is 8.58. The molecule has 3 heteroatoms. The van der Waals surface area contributed by atoms with Crippen LogP contribution in [0.2, 0.25) is 0 Å². The number of carboxylic acid groups (broad SMARTS) is 1. The summed E-state index contributed by atoms with van der Waals surface area (Å²) in [5.74, 6) is 0.713. The van der Waals surface area contributed by atoms with Gasteiger partial charge in [-0.15, -0.1) is 0 Å². The van der Waals surface area contributed by atoms with Gasteiger partial charge in [-0.3, -0.25) is 4.79 Å². The molecule has 0 aliphatic heterocycles. The van der Waals surface area contributed by atoms with E-state index in [1.165, 1.54) is 24.8 Å². The van der Waals surface area contributed by atoms with E-state index in [9.17, 15) is 4.79 Å². The summed E-state index contributed by atoms with van der Waals surface area (Å²) in [6.07, 6.45) is 5.65. The van der Waals surface area contributed by atoms with Crippen LogP contribution in [0.4, 0.5) is 0 Å². The minimum atomic E-state index is -0.704. The number of carboxylic acids is 1. The first-order valence-corrected chi connectivity index (χ1v) is 8.58. The Hall–Kier alpha value is -1.35. The highest BCUT2D eigenvalue weighted by Crippen LogP contribution is 2.30. The third-order valence-corrected chi connectivity index (χ3v) is 5.19. The van der Waals surface area contributed by atoms with Gasteiger partial charge < -0.3 is 10.4 Å². The highest BCUT2D eigenvalue weighted by Gasteiger charge is 2.28. The topological polar surface area (TPSA) is 49.3 Å². The molecule has 1 aromatic rings. The molecule has 2 N–H and O–H groups in total. The summed E-state index contributed by atoms with van der Waals surface area (Å²) < 4.78 is 0. The van der Waals surface area contributed by atoms with Crippen LogP contribution < -0.4 is 5.32 Å². The first kappa shape index (κ1) is 17.0. The van der Waals surface area contributed by atoms with Gasteiger partial charge in [-0.2, -0.15) is 0 Å². The summed E-state index contributed by atoms with van der Waals surface area (Å²) in [4.78, 5) is 10.9. The molecule has 0 saturated heterocycles. The minimum Gasteiger partial charge on any atom is -0.481 e. The van der Waals surface area contributed by atoms with E-state index < -0.39 is 5.97 Å². The number of carbonyl (C=O) groups is 1. The summed E-state index contributed by atoms with van der Waals surface area (Å²) in [7, 11) is 0. The van der Waals surface area contributed by atoms with Gasteiger partial charge in [0.1, 0.15) is 0 Å². The van der Waals surface area contributed by atoms with E-state index in [-0.39, 0.29) is 12.5 Å². The zero-order chi connectivity index (χ0) is 15.9. The predicted molar refractivity (Wildman–Crippen MR) is 89.9 cm³/mol. The summed E-state index contributed by atoms with van der Waals surface area (Å²) in [6.45, 7) is 4.67. The summed E-state index contributed by atoms with van der Waals surface area (Å²) in [6, 6.07) is 11.1. The van der Waals surface area contributed by atoms with Crippen LogP contribution in [0.25, 0.3) is 0 Å². The Morgan fingerprint density at radius 3 is 2.68 bits per heavy atom. The molecule has 1 aromatic carbocycles. The third-order valence-electron chi connectivity index (χ3n) is 5.19. The number of rotatable bonds is 7. The molecule has 1 aliphatic rings. The maximum absolute atomic E-state index is 10.9. The molecule has 1 aliphatic carbocycles. The lowest BCUT2D eigenvalue weighted by atomic mass is 9.77. The van der Waals surface area contributed by atoms with Crippen LogP contribution in [-0.2, 0) is 11.2 Å². The van der Waals surface area contributed by atoms with Crippen LogP contribution >= 0.6 is 0 Å². The first-order chi connectivity index (χ1) is 10.6. The van der Waals surface area contributed by atoms with E-state index >= 15 is 0 Å². The van der Waals surface area contributed by atoms with E-state index in [0.717, 1.165) is 12.3 Å². The second-order valence-electron chi connectivity index (χ2n) is 6.86. The fourth-order valence-corrected chi connectivity index (χ4v) is 3.56. The van der Waals surface area contributed by atoms with Gasteiger partial charge in [0.15, 0.2) is 0 Å². The van der Waals surface area contributed by atoms with Gasteiger partial charge >= 0.3 is 5.97 Å². The molecule has 0 radical (unpaired) electrons. The summed E-state index contributed by atoms with van der Waals surface area (Å²) in [5.41, 5.74) is 1.28. The predicted octanol–water partition coefficient (Wildman–Crippen LogP) is 3.88. The van der Waals surface area contributed by atoms with Crippen molar-refractivity contribution in [2.45, 2.75) is 64.5 Å². The molecular weight excluding hydrogens is 274 g/mol. The Morgan fingerprint density at radius 2 is 2.00 bits per heavy atom. The standard InChI is InChI=1S/C19H29NO2/c1-14-7-6-10-18(15(14)2)20-17(11-12-19(21)22)13-16-8-4-3-5-9-16/h3-5,8-9,14-15,17-18,20H,6-7,10-13H2,1-2H3,(H,21,22). The Morgan fingerprint density at radius 1 is 1.27 bits per heavy atom.